The van der Waals surface area contributed by atoms with E-state index in [1.807, 2.05) is 20.8 Å². The standard InChI is InChI=1S/C17H27N3O3/c1-11(21)15-9-14(20-23-15)7-13-10-18-6-5-12(13)8-16(22)19-17(2,3)4/h9,12-13,18H,5-8,10H2,1-4H3,(H,19,22)/t12-,13+/m0/s1. The van der Waals surface area contributed by atoms with E-state index in [0.29, 0.717) is 24.0 Å². The molecule has 0 aliphatic carbocycles. The summed E-state index contributed by atoms with van der Waals surface area (Å²) in [6.07, 6.45) is 2.22. The fraction of sp³-hybridized carbons (Fsp3) is 0.706. The van der Waals surface area contributed by atoms with Crippen molar-refractivity contribution in [1.82, 2.24) is 15.8 Å². The van der Waals surface area contributed by atoms with Crippen LogP contribution in [0.15, 0.2) is 10.6 Å². The molecule has 0 bridgehead atoms. The molecule has 0 aromatic carbocycles. The van der Waals surface area contributed by atoms with Crippen LogP contribution in [-0.4, -0.2) is 35.5 Å². The number of nitrogens with zero attached hydrogens (tertiary/aromatic N) is 1. The summed E-state index contributed by atoms with van der Waals surface area (Å²) in [7, 11) is 0. The van der Waals surface area contributed by atoms with Gasteiger partial charge in [0, 0.05) is 24.9 Å². The molecule has 2 heterocycles. The molecule has 23 heavy (non-hydrogen) atoms. The van der Waals surface area contributed by atoms with Gasteiger partial charge in [-0.15, -0.1) is 0 Å². The fourth-order valence-electron chi connectivity index (χ4n) is 3.03. The highest BCUT2D eigenvalue weighted by atomic mass is 16.5. The Labute approximate surface area is 137 Å². The van der Waals surface area contributed by atoms with Gasteiger partial charge in [-0.2, -0.15) is 0 Å². The molecule has 0 saturated carbocycles. The molecule has 0 radical (unpaired) electrons. The van der Waals surface area contributed by atoms with Gasteiger partial charge >= 0.3 is 0 Å². The lowest BCUT2D eigenvalue weighted by Gasteiger charge is -2.32. The van der Waals surface area contributed by atoms with Crippen molar-refractivity contribution in [1.29, 1.82) is 0 Å². The maximum atomic E-state index is 12.2. The molecule has 1 aliphatic heterocycles. The van der Waals surface area contributed by atoms with Gasteiger partial charge in [-0.3, -0.25) is 9.59 Å². The number of hydrogen-bond donors (Lipinski definition) is 2. The van der Waals surface area contributed by atoms with Crippen molar-refractivity contribution in [2.45, 2.75) is 52.5 Å². The monoisotopic (exact) mass is 321 g/mol. The van der Waals surface area contributed by atoms with Crippen molar-refractivity contribution >= 4 is 11.7 Å². The van der Waals surface area contributed by atoms with Crippen LogP contribution in [0.1, 0.15) is 56.8 Å². The second-order valence-electron chi connectivity index (χ2n) is 7.46. The highest BCUT2D eigenvalue weighted by Gasteiger charge is 2.29. The van der Waals surface area contributed by atoms with Crippen molar-refractivity contribution in [3.05, 3.63) is 17.5 Å². The van der Waals surface area contributed by atoms with Crippen LogP contribution in [-0.2, 0) is 11.2 Å². The van der Waals surface area contributed by atoms with E-state index in [2.05, 4.69) is 15.8 Å². The maximum Gasteiger partial charge on any atom is 0.220 e. The fourth-order valence-corrected chi connectivity index (χ4v) is 3.03. The molecule has 1 saturated heterocycles. The van der Waals surface area contributed by atoms with E-state index in [0.717, 1.165) is 31.6 Å². The SMILES string of the molecule is CC(=O)c1cc(C[C@@H]2CNCC[C@H]2CC(=O)NC(C)(C)C)no1. The third-order valence-electron chi connectivity index (χ3n) is 4.10. The van der Waals surface area contributed by atoms with E-state index in [9.17, 15) is 9.59 Å². The zero-order valence-corrected chi connectivity index (χ0v) is 14.4. The lowest BCUT2D eigenvalue weighted by Crippen LogP contribution is -2.44. The van der Waals surface area contributed by atoms with Gasteiger partial charge in [0.05, 0.1) is 5.69 Å². The first-order chi connectivity index (χ1) is 10.7. The first-order valence-corrected chi connectivity index (χ1v) is 8.23. The highest BCUT2D eigenvalue weighted by Crippen LogP contribution is 2.26. The minimum Gasteiger partial charge on any atom is -0.353 e. The second kappa shape index (κ2) is 7.25. The van der Waals surface area contributed by atoms with E-state index in [-0.39, 0.29) is 17.2 Å². The zero-order chi connectivity index (χ0) is 17.0. The van der Waals surface area contributed by atoms with Gasteiger partial charge in [0.15, 0.2) is 5.78 Å². The number of carbonyl (C=O) groups is 2. The van der Waals surface area contributed by atoms with Crippen LogP contribution < -0.4 is 10.6 Å². The normalized spacial score (nSPS) is 21.9. The lowest BCUT2D eigenvalue weighted by molar-refractivity contribution is -0.124. The highest BCUT2D eigenvalue weighted by molar-refractivity contribution is 5.91. The molecule has 6 nitrogen and oxygen atoms in total. The number of nitrogens with one attached hydrogen (secondary N) is 2. The Hall–Kier alpha value is -1.69. The summed E-state index contributed by atoms with van der Waals surface area (Å²) in [5.74, 6) is 0.909. The van der Waals surface area contributed by atoms with Gasteiger partial charge in [-0.05, 0) is 58.5 Å². The molecule has 6 heteroatoms. The first-order valence-electron chi connectivity index (χ1n) is 8.23. The van der Waals surface area contributed by atoms with Crippen molar-refractivity contribution in [2.75, 3.05) is 13.1 Å². The van der Waals surface area contributed by atoms with Gasteiger partial charge in [0.25, 0.3) is 0 Å². The Balaban J connectivity index is 1.97. The van der Waals surface area contributed by atoms with Crippen LogP contribution in [0.3, 0.4) is 0 Å². The van der Waals surface area contributed by atoms with Gasteiger partial charge in [0.2, 0.25) is 11.7 Å². The van der Waals surface area contributed by atoms with Crippen molar-refractivity contribution in [3.63, 3.8) is 0 Å². The molecule has 0 spiro atoms. The Kier molecular flexibility index (Phi) is 5.57. The Bertz CT molecular complexity index is 560. The van der Waals surface area contributed by atoms with Crippen LogP contribution >= 0.6 is 0 Å². The van der Waals surface area contributed by atoms with E-state index in [4.69, 9.17) is 4.52 Å². The summed E-state index contributed by atoms with van der Waals surface area (Å²) in [6.45, 7) is 9.22. The molecule has 128 valence electrons. The molecule has 1 aliphatic rings. The van der Waals surface area contributed by atoms with Crippen LogP contribution in [0, 0.1) is 11.8 Å². The summed E-state index contributed by atoms with van der Waals surface area (Å²) in [5.41, 5.74) is 0.576. The van der Waals surface area contributed by atoms with Crippen LogP contribution in [0.2, 0.25) is 0 Å². The topological polar surface area (TPSA) is 84.2 Å². The van der Waals surface area contributed by atoms with E-state index in [1.165, 1.54) is 6.92 Å². The smallest absolute Gasteiger partial charge is 0.220 e. The number of carbonyl (C=O) groups excluding carboxylic acids is 2. The zero-order valence-electron chi connectivity index (χ0n) is 14.4. The number of rotatable bonds is 5. The summed E-state index contributed by atoms with van der Waals surface area (Å²) < 4.78 is 5.05. The lowest BCUT2D eigenvalue weighted by atomic mass is 9.81. The minimum absolute atomic E-state index is 0.0963. The Morgan fingerprint density at radius 2 is 2.13 bits per heavy atom. The van der Waals surface area contributed by atoms with Gasteiger partial charge in [-0.1, -0.05) is 5.16 Å². The molecule has 2 N–H and O–H groups in total. The van der Waals surface area contributed by atoms with Crippen molar-refractivity contribution in [2.24, 2.45) is 11.8 Å². The Morgan fingerprint density at radius 3 is 2.74 bits per heavy atom. The van der Waals surface area contributed by atoms with Gasteiger partial charge in [-0.25, -0.2) is 0 Å². The second-order valence-corrected chi connectivity index (χ2v) is 7.46. The quantitative estimate of drug-likeness (QED) is 0.810. The van der Waals surface area contributed by atoms with Crippen molar-refractivity contribution in [3.8, 4) is 0 Å². The summed E-state index contributed by atoms with van der Waals surface area (Å²) in [4.78, 5) is 23.5. The number of amides is 1. The number of hydrogen-bond acceptors (Lipinski definition) is 5. The molecular weight excluding hydrogens is 294 g/mol. The number of ketones is 1. The summed E-state index contributed by atoms with van der Waals surface area (Å²) in [5, 5.41) is 10.4. The minimum atomic E-state index is -0.206. The number of aromatic nitrogens is 1. The average Bonchev–Trinajstić information content (AvgIpc) is 2.87. The molecule has 1 amide bonds. The number of Topliss-reactive ketones (excluding diaryl/α,β-unsaturated/α-hetero) is 1. The third kappa shape index (κ3) is 5.46. The van der Waals surface area contributed by atoms with E-state index < -0.39 is 0 Å². The molecule has 2 atom stereocenters. The molecule has 0 unspecified atom stereocenters. The van der Waals surface area contributed by atoms with E-state index in [1.54, 1.807) is 6.07 Å². The van der Waals surface area contributed by atoms with Gasteiger partial charge < -0.3 is 15.2 Å². The van der Waals surface area contributed by atoms with Crippen molar-refractivity contribution < 1.29 is 14.1 Å². The van der Waals surface area contributed by atoms with Crippen LogP contribution in [0.25, 0.3) is 0 Å². The van der Waals surface area contributed by atoms with E-state index >= 15 is 0 Å². The maximum absolute atomic E-state index is 12.2. The largest absolute Gasteiger partial charge is 0.353 e. The predicted molar refractivity (Wildman–Crippen MR) is 87.2 cm³/mol. The summed E-state index contributed by atoms with van der Waals surface area (Å²) >= 11 is 0. The van der Waals surface area contributed by atoms with Gasteiger partial charge in [0.1, 0.15) is 0 Å². The molecule has 2 rings (SSSR count). The Morgan fingerprint density at radius 1 is 1.39 bits per heavy atom. The van der Waals surface area contributed by atoms with Crippen LogP contribution in [0.5, 0.6) is 0 Å². The molecule has 1 aromatic heterocycles. The first kappa shape index (κ1) is 17.7. The molecular formula is C17H27N3O3. The molecule has 1 aromatic rings. The predicted octanol–water partition coefficient (Wildman–Crippen LogP) is 1.95. The van der Waals surface area contributed by atoms with Crippen LogP contribution in [0.4, 0.5) is 0 Å². The summed E-state index contributed by atoms with van der Waals surface area (Å²) in [6, 6.07) is 1.71. The average molecular weight is 321 g/mol. The number of piperidine rings is 1. The third-order valence-corrected chi connectivity index (χ3v) is 4.10. The molecule has 1 fully saturated rings.